The predicted molar refractivity (Wildman–Crippen MR) is 106 cm³/mol. The van der Waals surface area contributed by atoms with Crippen LogP contribution in [0.1, 0.15) is 35.9 Å². The Morgan fingerprint density at radius 1 is 1.07 bits per heavy atom. The number of piperidine rings is 1. The van der Waals surface area contributed by atoms with E-state index < -0.39 is 0 Å². The van der Waals surface area contributed by atoms with E-state index in [2.05, 4.69) is 22.7 Å². The van der Waals surface area contributed by atoms with Gasteiger partial charge in [-0.1, -0.05) is 6.92 Å². The highest BCUT2D eigenvalue weighted by Gasteiger charge is 2.24. The molecule has 4 rings (SSSR count). The largest absolute Gasteiger partial charge is 0.339 e. The number of rotatable bonds is 5. The van der Waals surface area contributed by atoms with Crippen molar-refractivity contribution in [2.75, 3.05) is 13.1 Å². The monoisotopic (exact) mass is 362 g/mol. The minimum absolute atomic E-state index is 0.143. The van der Waals surface area contributed by atoms with Gasteiger partial charge in [0.15, 0.2) is 0 Å². The van der Waals surface area contributed by atoms with Gasteiger partial charge in [-0.05, 0) is 55.2 Å². The lowest BCUT2D eigenvalue weighted by Crippen LogP contribution is -2.39. The van der Waals surface area contributed by atoms with Crippen LogP contribution in [0, 0.1) is 5.92 Å². The quantitative estimate of drug-likeness (QED) is 0.693. The third-order valence-electron chi connectivity index (χ3n) is 5.49. The predicted octanol–water partition coefficient (Wildman–Crippen LogP) is 3.79. The summed E-state index contributed by atoms with van der Waals surface area (Å²) in [7, 11) is 0. The number of aryl methyl sites for hydroxylation is 1. The van der Waals surface area contributed by atoms with E-state index in [-0.39, 0.29) is 5.91 Å². The fraction of sp³-hybridized carbons (Fsp3) is 0.364. The summed E-state index contributed by atoms with van der Waals surface area (Å²) in [5.41, 5.74) is 1.84. The van der Waals surface area contributed by atoms with Gasteiger partial charge in [0.1, 0.15) is 5.82 Å². The highest BCUT2D eigenvalue weighted by atomic mass is 16.2. The maximum absolute atomic E-state index is 12.8. The number of benzene rings is 1. The highest BCUT2D eigenvalue weighted by Crippen LogP contribution is 2.22. The first-order valence-electron chi connectivity index (χ1n) is 9.77. The van der Waals surface area contributed by atoms with Crippen molar-refractivity contribution in [1.29, 1.82) is 0 Å². The lowest BCUT2D eigenvalue weighted by molar-refractivity contribution is 0.0682. The second-order valence-corrected chi connectivity index (χ2v) is 7.22. The Bertz CT molecular complexity index is 871. The van der Waals surface area contributed by atoms with E-state index in [0.29, 0.717) is 5.92 Å². The number of carbonyl (C=O) groups is 1. The van der Waals surface area contributed by atoms with Crippen molar-refractivity contribution >= 4 is 5.91 Å². The molecule has 1 amide bonds. The van der Waals surface area contributed by atoms with Gasteiger partial charge in [0.25, 0.3) is 5.91 Å². The van der Waals surface area contributed by atoms with Crippen LogP contribution in [-0.4, -0.2) is 38.0 Å². The molecule has 5 heteroatoms. The Morgan fingerprint density at radius 3 is 2.44 bits per heavy atom. The van der Waals surface area contributed by atoms with Gasteiger partial charge in [-0.2, -0.15) is 0 Å². The number of amides is 1. The third kappa shape index (κ3) is 3.82. The molecule has 1 aliphatic rings. The Labute approximate surface area is 160 Å². The molecule has 0 saturated carbocycles. The Morgan fingerprint density at radius 2 is 1.78 bits per heavy atom. The summed E-state index contributed by atoms with van der Waals surface area (Å²) in [6.45, 7) is 4.82. The fourth-order valence-electron chi connectivity index (χ4n) is 3.88. The average Bonchev–Trinajstić information content (AvgIpc) is 3.40. The molecule has 1 aromatic carbocycles. The van der Waals surface area contributed by atoms with Gasteiger partial charge in [-0.15, -0.1) is 0 Å². The molecular formula is C22H26N4O. The van der Waals surface area contributed by atoms with Crippen molar-refractivity contribution in [1.82, 2.24) is 19.0 Å². The van der Waals surface area contributed by atoms with Gasteiger partial charge in [0, 0.05) is 62.1 Å². The van der Waals surface area contributed by atoms with Gasteiger partial charge >= 0.3 is 0 Å². The molecule has 1 saturated heterocycles. The maximum Gasteiger partial charge on any atom is 0.253 e. The second kappa shape index (κ2) is 7.82. The van der Waals surface area contributed by atoms with E-state index in [1.54, 1.807) is 0 Å². The second-order valence-electron chi connectivity index (χ2n) is 7.22. The van der Waals surface area contributed by atoms with Crippen LogP contribution in [0.3, 0.4) is 0 Å². The molecule has 3 heterocycles. The van der Waals surface area contributed by atoms with Crippen molar-refractivity contribution < 1.29 is 4.79 Å². The Hall–Kier alpha value is -2.82. The van der Waals surface area contributed by atoms with Crippen molar-refractivity contribution in [3.63, 3.8) is 0 Å². The SMILES string of the molecule is CCc1nccn1CC1CCN(C(=O)c2ccc(-n3cccc3)cc2)CC1. The normalized spacial score (nSPS) is 15.2. The maximum atomic E-state index is 12.8. The average molecular weight is 362 g/mol. The molecular weight excluding hydrogens is 336 g/mol. The molecule has 5 nitrogen and oxygen atoms in total. The van der Waals surface area contributed by atoms with Gasteiger partial charge in [-0.3, -0.25) is 4.79 Å². The number of imidazole rings is 1. The molecule has 0 atom stereocenters. The summed E-state index contributed by atoms with van der Waals surface area (Å²) in [4.78, 5) is 19.2. The van der Waals surface area contributed by atoms with Crippen LogP contribution < -0.4 is 0 Å². The van der Waals surface area contributed by atoms with Crippen molar-refractivity contribution in [3.05, 3.63) is 72.6 Å². The lowest BCUT2D eigenvalue weighted by atomic mass is 9.96. The van der Waals surface area contributed by atoms with Gasteiger partial charge in [0.2, 0.25) is 0 Å². The first kappa shape index (κ1) is 17.6. The zero-order valence-electron chi connectivity index (χ0n) is 15.8. The molecule has 1 aliphatic heterocycles. The number of nitrogens with zero attached hydrogens (tertiary/aromatic N) is 4. The van der Waals surface area contributed by atoms with E-state index >= 15 is 0 Å². The van der Waals surface area contributed by atoms with E-state index in [0.717, 1.165) is 56.0 Å². The number of carbonyl (C=O) groups excluding carboxylic acids is 1. The first-order chi connectivity index (χ1) is 13.2. The molecule has 0 N–H and O–H groups in total. The molecule has 3 aromatic rings. The summed E-state index contributed by atoms with van der Waals surface area (Å²) in [6, 6.07) is 11.9. The smallest absolute Gasteiger partial charge is 0.253 e. The standard InChI is InChI=1S/C22H26N4O/c1-2-21-23-11-16-26(21)17-18-9-14-25(15-10-18)22(27)19-5-7-20(8-6-19)24-12-3-4-13-24/h3-8,11-13,16,18H,2,9-10,14-15,17H2,1H3. The van der Waals surface area contributed by atoms with Gasteiger partial charge < -0.3 is 14.0 Å². The van der Waals surface area contributed by atoms with Gasteiger partial charge in [0.05, 0.1) is 0 Å². The number of hydrogen-bond acceptors (Lipinski definition) is 2. The van der Waals surface area contributed by atoms with Crippen LogP contribution in [0.25, 0.3) is 5.69 Å². The minimum Gasteiger partial charge on any atom is -0.339 e. The molecule has 140 valence electrons. The molecule has 0 aliphatic carbocycles. The molecule has 2 aromatic heterocycles. The number of likely N-dealkylation sites (tertiary alicyclic amines) is 1. The van der Waals surface area contributed by atoms with Crippen molar-refractivity contribution in [2.45, 2.75) is 32.7 Å². The van der Waals surface area contributed by atoms with E-state index in [9.17, 15) is 4.79 Å². The Kier molecular flexibility index (Phi) is 5.10. The van der Waals surface area contributed by atoms with Crippen LogP contribution >= 0.6 is 0 Å². The van der Waals surface area contributed by atoms with Crippen LogP contribution in [-0.2, 0) is 13.0 Å². The minimum atomic E-state index is 0.143. The summed E-state index contributed by atoms with van der Waals surface area (Å²) in [5.74, 6) is 1.91. The molecule has 0 unspecified atom stereocenters. The highest BCUT2D eigenvalue weighted by molar-refractivity contribution is 5.94. The molecule has 27 heavy (non-hydrogen) atoms. The van der Waals surface area contributed by atoms with E-state index in [1.807, 2.05) is 64.5 Å². The molecule has 0 spiro atoms. The summed E-state index contributed by atoms with van der Waals surface area (Å²) < 4.78 is 4.31. The van der Waals surface area contributed by atoms with Crippen LogP contribution in [0.4, 0.5) is 0 Å². The van der Waals surface area contributed by atoms with E-state index in [4.69, 9.17) is 0 Å². The summed E-state index contributed by atoms with van der Waals surface area (Å²) in [6.07, 6.45) is 11.0. The van der Waals surface area contributed by atoms with Crippen molar-refractivity contribution in [2.24, 2.45) is 5.92 Å². The summed E-state index contributed by atoms with van der Waals surface area (Å²) in [5, 5.41) is 0. The van der Waals surface area contributed by atoms with Gasteiger partial charge in [-0.25, -0.2) is 4.98 Å². The molecule has 0 bridgehead atoms. The molecule has 0 radical (unpaired) electrons. The summed E-state index contributed by atoms with van der Waals surface area (Å²) >= 11 is 0. The molecule has 1 fully saturated rings. The fourth-order valence-corrected chi connectivity index (χ4v) is 3.88. The van der Waals surface area contributed by atoms with Crippen LogP contribution in [0.5, 0.6) is 0 Å². The third-order valence-corrected chi connectivity index (χ3v) is 5.49. The Balaban J connectivity index is 1.34. The number of hydrogen-bond donors (Lipinski definition) is 0. The first-order valence-corrected chi connectivity index (χ1v) is 9.77. The number of aromatic nitrogens is 3. The van der Waals surface area contributed by atoms with Crippen molar-refractivity contribution in [3.8, 4) is 5.69 Å². The van der Waals surface area contributed by atoms with Crippen LogP contribution in [0.15, 0.2) is 61.2 Å². The topological polar surface area (TPSA) is 43.1 Å². The lowest BCUT2D eigenvalue weighted by Gasteiger charge is -2.32. The zero-order valence-corrected chi connectivity index (χ0v) is 15.8. The van der Waals surface area contributed by atoms with E-state index in [1.165, 1.54) is 0 Å². The zero-order chi connectivity index (χ0) is 18.6. The van der Waals surface area contributed by atoms with Crippen LogP contribution in [0.2, 0.25) is 0 Å².